The molecule has 25 heavy (non-hydrogen) atoms. The first kappa shape index (κ1) is 21.7. The van der Waals surface area contributed by atoms with Crippen LogP contribution in [0.5, 0.6) is 0 Å². The molecule has 0 aliphatic heterocycles. The first-order valence-electron chi connectivity index (χ1n) is 8.24. The zero-order chi connectivity index (χ0) is 19.0. The van der Waals surface area contributed by atoms with Crippen LogP contribution in [-0.2, 0) is 5.92 Å². The van der Waals surface area contributed by atoms with Gasteiger partial charge in [0.1, 0.15) is 0 Å². The van der Waals surface area contributed by atoms with Gasteiger partial charge in [0.25, 0.3) is 5.92 Å². The largest absolute Gasteiger partial charge is 0.396 e. The Hall–Kier alpha value is -1.31. The van der Waals surface area contributed by atoms with Crippen LogP contribution in [0.15, 0.2) is 0 Å². The van der Waals surface area contributed by atoms with E-state index < -0.39 is 47.0 Å². The first-order valence-corrected chi connectivity index (χ1v) is 8.24. The number of hydrogen-bond acceptors (Lipinski definition) is 1. The second-order valence-corrected chi connectivity index (χ2v) is 5.95. The molecule has 0 saturated heterocycles. The molecule has 0 aliphatic rings. The third kappa shape index (κ3) is 5.87. The predicted molar refractivity (Wildman–Crippen MR) is 78.8 cm³/mol. The molecule has 1 aromatic carbocycles. The summed E-state index contributed by atoms with van der Waals surface area (Å²) in [5, 5.41) is 8.61. The molecule has 0 saturated carbocycles. The summed E-state index contributed by atoms with van der Waals surface area (Å²) in [4.78, 5) is 0. The molecule has 1 N–H and O–H groups in total. The molecule has 0 fully saturated rings. The Labute approximate surface area is 141 Å². The minimum absolute atomic E-state index is 0.0941. The lowest BCUT2D eigenvalue weighted by Crippen LogP contribution is -2.21. The maximum atomic E-state index is 13.9. The highest BCUT2D eigenvalue weighted by atomic mass is 19.3. The summed E-state index contributed by atoms with van der Waals surface area (Å²) in [6.45, 7) is 0.132. The smallest absolute Gasteiger partial charge is 0.279 e. The molecule has 0 aliphatic carbocycles. The van der Waals surface area contributed by atoms with Crippen LogP contribution >= 0.6 is 0 Å². The van der Waals surface area contributed by atoms with Gasteiger partial charge in [-0.2, -0.15) is 0 Å². The molecule has 0 spiro atoms. The summed E-state index contributed by atoms with van der Waals surface area (Å²) in [5.41, 5.74) is -2.06. The minimum Gasteiger partial charge on any atom is -0.396 e. The normalized spacial score (nSPS) is 12.0. The monoisotopic (exact) mass is 374 g/mol. The lowest BCUT2D eigenvalue weighted by molar-refractivity contribution is -0.0242. The van der Waals surface area contributed by atoms with Crippen LogP contribution in [0, 0.1) is 29.1 Å². The fraction of sp³-hybridized carbons (Fsp3) is 0.647. The van der Waals surface area contributed by atoms with Crippen molar-refractivity contribution in [2.45, 2.75) is 63.7 Å². The SMILES string of the molecule is OCCCCCCCCCCC(F)(F)c1c(F)c(F)c(F)c(F)c1F. The van der Waals surface area contributed by atoms with E-state index in [9.17, 15) is 30.7 Å². The average molecular weight is 374 g/mol. The number of benzene rings is 1. The standard InChI is InChI=1S/C17H21F7O/c18-12-11(13(19)15(21)16(22)14(12)20)17(23,24)9-7-5-3-1-2-4-6-8-10-25/h25H,1-10H2. The lowest BCUT2D eigenvalue weighted by atomic mass is 9.99. The van der Waals surface area contributed by atoms with Crippen LogP contribution in [0.1, 0.15) is 63.4 Å². The van der Waals surface area contributed by atoms with E-state index >= 15 is 0 Å². The van der Waals surface area contributed by atoms with Gasteiger partial charge in [-0.25, -0.2) is 30.7 Å². The number of aliphatic hydroxyl groups is 1. The van der Waals surface area contributed by atoms with Gasteiger partial charge >= 0.3 is 0 Å². The molecule has 0 bridgehead atoms. The number of hydrogen-bond donors (Lipinski definition) is 1. The Morgan fingerprint density at radius 1 is 0.560 bits per heavy atom. The van der Waals surface area contributed by atoms with Crippen LogP contribution in [0.3, 0.4) is 0 Å². The number of unbranched alkanes of at least 4 members (excludes halogenated alkanes) is 7. The van der Waals surface area contributed by atoms with Crippen molar-refractivity contribution in [2.24, 2.45) is 0 Å². The van der Waals surface area contributed by atoms with Crippen molar-refractivity contribution in [1.82, 2.24) is 0 Å². The molecule has 1 aromatic rings. The Morgan fingerprint density at radius 2 is 0.920 bits per heavy atom. The van der Waals surface area contributed by atoms with Gasteiger partial charge in [0.2, 0.25) is 5.82 Å². The van der Waals surface area contributed by atoms with E-state index in [1.54, 1.807) is 0 Å². The molecule has 0 radical (unpaired) electrons. The van der Waals surface area contributed by atoms with Gasteiger partial charge in [0.15, 0.2) is 23.3 Å². The van der Waals surface area contributed by atoms with Crippen molar-refractivity contribution in [1.29, 1.82) is 0 Å². The first-order chi connectivity index (χ1) is 11.7. The van der Waals surface area contributed by atoms with Gasteiger partial charge in [0.05, 0.1) is 5.56 Å². The third-order valence-corrected chi connectivity index (χ3v) is 3.97. The van der Waals surface area contributed by atoms with E-state index in [1.165, 1.54) is 0 Å². The quantitative estimate of drug-likeness (QED) is 0.219. The van der Waals surface area contributed by atoms with E-state index in [2.05, 4.69) is 0 Å². The third-order valence-electron chi connectivity index (χ3n) is 3.97. The number of aliphatic hydroxyl groups excluding tert-OH is 1. The Morgan fingerprint density at radius 3 is 1.36 bits per heavy atom. The molecule has 144 valence electrons. The van der Waals surface area contributed by atoms with Gasteiger partial charge in [0, 0.05) is 13.0 Å². The molecular formula is C17H21F7O. The van der Waals surface area contributed by atoms with E-state index in [-0.39, 0.29) is 13.0 Å². The fourth-order valence-electron chi connectivity index (χ4n) is 2.57. The highest BCUT2D eigenvalue weighted by Gasteiger charge is 2.41. The Bertz CT molecular complexity index is 531. The summed E-state index contributed by atoms with van der Waals surface area (Å²) in [6, 6.07) is 0. The Kier molecular flexibility index (Phi) is 8.68. The second-order valence-electron chi connectivity index (χ2n) is 5.95. The van der Waals surface area contributed by atoms with Gasteiger partial charge in [-0.1, -0.05) is 38.5 Å². The van der Waals surface area contributed by atoms with Crippen molar-refractivity contribution in [3.63, 3.8) is 0 Å². The highest BCUT2D eigenvalue weighted by molar-refractivity contribution is 5.27. The number of halogens is 7. The molecule has 0 heterocycles. The summed E-state index contributed by atoms with van der Waals surface area (Å²) in [5.74, 6) is -16.3. The summed E-state index contributed by atoms with van der Waals surface area (Å²) >= 11 is 0. The zero-order valence-electron chi connectivity index (χ0n) is 13.7. The van der Waals surface area contributed by atoms with E-state index in [0.717, 1.165) is 25.7 Å². The molecule has 1 nitrogen and oxygen atoms in total. The minimum atomic E-state index is -4.13. The van der Waals surface area contributed by atoms with E-state index in [4.69, 9.17) is 5.11 Å². The maximum absolute atomic E-state index is 13.9. The predicted octanol–water partition coefficient (Wildman–Crippen LogP) is 5.98. The summed E-state index contributed by atoms with van der Waals surface area (Å²) in [6.07, 6.45) is 4.11. The lowest BCUT2D eigenvalue weighted by Gasteiger charge is -2.19. The van der Waals surface area contributed by atoms with E-state index in [1.807, 2.05) is 0 Å². The van der Waals surface area contributed by atoms with Gasteiger partial charge < -0.3 is 5.11 Å². The molecule has 0 unspecified atom stereocenters. The van der Waals surface area contributed by atoms with Gasteiger partial charge in [-0.05, 0) is 12.8 Å². The fourth-order valence-corrected chi connectivity index (χ4v) is 2.57. The van der Waals surface area contributed by atoms with Gasteiger partial charge in [-0.3, -0.25) is 0 Å². The summed E-state index contributed by atoms with van der Waals surface area (Å²) < 4.78 is 93.7. The molecule has 1 rings (SSSR count). The highest BCUT2D eigenvalue weighted by Crippen LogP contribution is 2.39. The van der Waals surface area contributed by atoms with Crippen molar-refractivity contribution in [3.8, 4) is 0 Å². The summed E-state index contributed by atoms with van der Waals surface area (Å²) in [7, 11) is 0. The second kappa shape index (κ2) is 9.99. The van der Waals surface area contributed by atoms with Crippen molar-refractivity contribution >= 4 is 0 Å². The van der Waals surface area contributed by atoms with Crippen LogP contribution in [0.2, 0.25) is 0 Å². The van der Waals surface area contributed by atoms with E-state index in [0.29, 0.717) is 19.3 Å². The van der Waals surface area contributed by atoms with Crippen molar-refractivity contribution < 1.29 is 35.8 Å². The maximum Gasteiger partial charge on any atom is 0.279 e. The average Bonchev–Trinajstić information content (AvgIpc) is 2.56. The molecule has 8 heteroatoms. The van der Waals surface area contributed by atoms with Crippen LogP contribution in [0.25, 0.3) is 0 Å². The van der Waals surface area contributed by atoms with Crippen molar-refractivity contribution in [3.05, 3.63) is 34.6 Å². The van der Waals surface area contributed by atoms with Crippen LogP contribution < -0.4 is 0 Å². The molecule has 0 aromatic heterocycles. The van der Waals surface area contributed by atoms with Crippen LogP contribution in [0.4, 0.5) is 30.7 Å². The van der Waals surface area contributed by atoms with Crippen LogP contribution in [-0.4, -0.2) is 11.7 Å². The van der Waals surface area contributed by atoms with Gasteiger partial charge in [-0.15, -0.1) is 0 Å². The molecule has 0 atom stereocenters. The topological polar surface area (TPSA) is 20.2 Å². The zero-order valence-corrected chi connectivity index (χ0v) is 13.7. The number of alkyl halides is 2. The molecular weight excluding hydrogens is 353 g/mol. The Balaban J connectivity index is 2.54. The van der Waals surface area contributed by atoms with Crippen molar-refractivity contribution in [2.75, 3.05) is 6.61 Å². The molecule has 0 amide bonds. The number of rotatable bonds is 11.